The maximum absolute atomic E-state index is 10.7. The lowest BCUT2D eigenvalue weighted by Gasteiger charge is -2.28. The molecule has 1 aliphatic heterocycles. The molecular formula is C9H12N4O2. The van der Waals surface area contributed by atoms with Gasteiger partial charge in [0.1, 0.15) is 5.82 Å². The molecule has 0 radical (unpaired) electrons. The zero-order valence-corrected chi connectivity index (χ0v) is 8.18. The maximum atomic E-state index is 10.7. The van der Waals surface area contributed by atoms with E-state index in [0.717, 1.165) is 26.2 Å². The second-order valence-corrected chi connectivity index (χ2v) is 3.28. The highest BCUT2D eigenvalue weighted by Crippen LogP contribution is 2.10. The highest BCUT2D eigenvalue weighted by Gasteiger charge is 2.14. The van der Waals surface area contributed by atoms with Crippen molar-refractivity contribution >= 4 is 11.8 Å². The maximum Gasteiger partial charge on any atom is 0.374 e. The number of nitrogens with zero attached hydrogens (tertiary/aromatic N) is 3. The van der Waals surface area contributed by atoms with Gasteiger partial charge in [0.05, 0.1) is 0 Å². The van der Waals surface area contributed by atoms with Crippen molar-refractivity contribution < 1.29 is 9.90 Å². The topological polar surface area (TPSA) is 78.3 Å². The number of aromatic carboxylic acids is 1. The van der Waals surface area contributed by atoms with Gasteiger partial charge >= 0.3 is 5.97 Å². The van der Waals surface area contributed by atoms with E-state index in [2.05, 4.69) is 15.3 Å². The second kappa shape index (κ2) is 4.22. The van der Waals surface area contributed by atoms with E-state index in [9.17, 15) is 4.79 Å². The van der Waals surface area contributed by atoms with Crippen LogP contribution in [0.25, 0.3) is 0 Å². The standard InChI is InChI=1S/C9H12N4O2/c14-9(15)8-11-2-1-7(12-8)13-5-3-10-4-6-13/h1-2,10H,3-6H2,(H,14,15). The van der Waals surface area contributed by atoms with Gasteiger partial charge in [-0.1, -0.05) is 0 Å². The average Bonchev–Trinajstić information content (AvgIpc) is 2.30. The zero-order valence-electron chi connectivity index (χ0n) is 8.18. The van der Waals surface area contributed by atoms with Crippen molar-refractivity contribution in [2.24, 2.45) is 0 Å². The van der Waals surface area contributed by atoms with Gasteiger partial charge in [-0.15, -0.1) is 0 Å². The van der Waals surface area contributed by atoms with Gasteiger partial charge in [-0.2, -0.15) is 0 Å². The SMILES string of the molecule is O=C(O)c1nccc(N2CCNCC2)n1. The van der Waals surface area contributed by atoms with Gasteiger partial charge in [-0.3, -0.25) is 0 Å². The average molecular weight is 208 g/mol. The number of rotatable bonds is 2. The monoisotopic (exact) mass is 208 g/mol. The van der Waals surface area contributed by atoms with Crippen molar-refractivity contribution in [3.05, 3.63) is 18.1 Å². The van der Waals surface area contributed by atoms with Gasteiger partial charge < -0.3 is 15.3 Å². The summed E-state index contributed by atoms with van der Waals surface area (Å²) in [5.74, 6) is -0.554. The van der Waals surface area contributed by atoms with E-state index in [0.29, 0.717) is 5.82 Å². The van der Waals surface area contributed by atoms with E-state index < -0.39 is 5.97 Å². The van der Waals surface area contributed by atoms with Crippen LogP contribution < -0.4 is 10.2 Å². The summed E-state index contributed by atoms with van der Waals surface area (Å²) in [6, 6.07) is 1.73. The molecule has 1 saturated heterocycles. The van der Waals surface area contributed by atoms with E-state index in [1.807, 2.05) is 4.90 Å². The molecule has 0 unspecified atom stereocenters. The fourth-order valence-corrected chi connectivity index (χ4v) is 1.52. The Bertz CT molecular complexity index is 363. The molecule has 1 aliphatic rings. The number of carboxylic acid groups (broad SMARTS) is 1. The molecule has 2 N–H and O–H groups in total. The number of carbonyl (C=O) groups is 1. The largest absolute Gasteiger partial charge is 0.475 e. The summed E-state index contributed by atoms with van der Waals surface area (Å²) >= 11 is 0. The van der Waals surface area contributed by atoms with Crippen molar-refractivity contribution in [2.75, 3.05) is 31.1 Å². The van der Waals surface area contributed by atoms with Crippen LogP contribution in [0, 0.1) is 0 Å². The number of piperazine rings is 1. The molecule has 0 bridgehead atoms. The summed E-state index contributed by atoms with van der Waals surface area (Å²) < 4.78 is 0. The van der Waals surface area contributed by atoms with Crippen molar-refractivity contribution in [1.82, 2.24) is 15.3 Å². The smallest absolute Gasteiger partial charge is 0.374 e. The van der Waals surface area contributed by atoms with Crippen LogP contribution in [0.1, 0.15) is 10.6 Å². The first-order valence-electron chi connectivity index (χ1n) is 4.79. The summed E-state index contributed by atoms with van der Waals surface area (Å²) in [6.07, 6.45) is 1.48. The molecule has 2 rings (SSSR count). The highest BCUT2D eigenvalue weighted by atomic mass is 16.4. The molecule has 6 nitrogen and oxygen atoms in total. The van der Waals surface area contributed by atoms with Crippen LogP contribution in [0.2, 0.25) is 0 Å². The Kier molecular flexibility index (Phi) is 2.77. The number of hydrogen-bond acceptors (Lipinski definition) is 5. The van der Waals surface area contributed by atoms with Crippen LogP contribution in [0.3, 0.4) is 0 Å². The van der Waals surface area contributed by atoms with Gasteiger partial charge in [0.2, 0.25) is 5.82 Å². The quantitative estimate of drug-likeness (QED) is 0.687. The lowest BCUT2D eigenvalue weighted by molar-refractivity contribution is 0.0683. The van der Waals surface area contributed by atoms with Gasteiger partial charge in [0.25, 0.3) is 0 Å². The minimum atomic E-state index is -1.09. The molecule has 2 heterocycles. The van der Waals surface area contributed by atoms with Crippen LogP contribution in [-0.2, 0) is 0 Å². The van der Waals surface area contributed by atoms with E-state index in [-0.39, 0.29) is 5.82 Å². The number of aromatic nitrogens is 2. The van der Waals surface area contributed by atoms with E-state index in [1.165, 1.54) is 6.20 Å². The Balaban J connectivity index is 2.19. The van der Waals surface area contributed by atoms with Gasteiger partial charge in [-0.05, 0) is 6.07 Å². The lowest BCUT2D eigenvalue weighted by Crippen LogP contribution is -2.44. The Morgan fingerprint density at radius 2 is 2.20 bits per heavy atom. The number of hydrogen-bond donors (Lipinski definition) is 2. The first-order valence-corrected chi connectivity index (χ1v) is 4.79. The van der Waals surface area contributed by atoms with Gasteiger partial charge in [-0.25, -0.2) is 14.8 Å². The third kappa shape index (κ3) is 2.21. The van der Waals surface area contributed by atoms with Crippen LogP contribution in [0.4, 0.5) is 5.82 Å². The number of carboxylic acids is 1. The molecule has 6 heteroatoms. The Labute approximate surface area is 87.0 Å². The van der Waals surface area contributed by atoms with E-state index in [1.54, 1.807) is 6.07 Å². The van der Waals surface area contributed by atoms with E-state index >= 15 is 0 Å². The number of anilines is 1. The predicted molar refractivity (Wildman–Crippen MR) is 54.1 cm³/mol. The molecular weight excluding hydrogens is 196 g/mol. The van der Waals surface area contributed by atoms with Crippen molar-refractivity contribution in [3.63, 3.8) is 0 Å². The van der Waals surface area contributed by atoms with Crippen molar-refractivity contribution in [1.29, 1.82) is 0 Å². The van der Waals surface area contributed by atoms with Crippen LogP contribution >= 0.6 is 0 Å². The molecule has 80 valence electrons. The fraction of sp³-hybridized carbons (Fsp3) is 0.444. The van der Waals surface area contributed by atoms with Crippen LogP contribution in [0.15, 0.2) is 12.3 Å². The molecule has 0 saturated carbocycles. The highest BCUT2D eigenvalue weighted by molar-refractivity contribution is 5.83. The molecule has 0 amide bonds. The summed E-state index contributed by atoms with van der Waals surface area (Å²) in [5.41, 5.74) is 0. The van der Waals surface area contributed by atoms with Crippen LogP contribution in [-0.4, -0.2) is 47.2 Å². The lowest BCUT2D eigenvalue weighted by atomic mass is 10.3. The summed E-state index contributed by atoms with van der Waals surface area (Å²) in [4.78, 5) is 20.4. The zero-order chi connectivity index (χ0) is 10.7. The second-order valence-electron chi connectivity index (χ2n) is 3.28. The minimum Gasteiger partial charge on any atom is -0.475 e. The molecule has 0 spiro atoms. The molecule has 1 fully saturated rings. The van der Waals surface area contributed by atoms with E-state index in [4.69, 9.17) is 5.11 Å². The molecule has 1 aromatic heterocycles. The Morgan fingerprint density at radius 3 is 2.87 bits per heavy atom. The Morgan fingerprint density at radius 1 is 1.47 bits per heavy atom. The molecule has 15 heavy (non-hydrogen) atoms. The molecule has 0 aromatic carbocycles. The van der Waals surface area contributed by atoms with Gasteiger partial charge in [0, 0.05) is 32.4 Å². The third-order valence-corrected chi connectivity index (χ3v) is 2.27. The molecule has 0 atom stereocenters. The first kappa shape index (κ1) is 9.85. The summed E-state index contributed by atoms with van der Waals surface area (Å²) in [6.45, 7) is 3.48. The first-order chi connectivity index (χ1) is 7.27. The third-order valence-electron chi connectivity index (χ3n) is 2.27. The number of nitrogens with one attached hydrogen (secondary N) is 1. The molecule has 0 aliphatic carbocycles. The summed E-state index contributed by atoms with van der Waals surface area (Å²) in [7, 11) is 0. The molecule has 1 aromatic rings. The van der Waals surface area contributed by atoms with Crippen molar-refractivity contribution in [3.8, 4) is 0 Å². The fourth-order valence-electron chi connectivity index (χ4n) is 1.52. The van der Waals surface area contributed by atoms with Crippen molar-refractivity contribution in [2.45, 2.75) is 0 Å². The summed E-state index contributed by atoms with van der Waals surface area (Å²) in [5, 5.41) is 12.0. The predicted octanol–water partition coefficient (Wildman–Crippen LogP) is -0.416. The van der Waals surface area contributed by atoms with Gasteiger partial charge in [0.15, 0.2) is 0 Å². The minimum absolute atomic E-state index is 0.147. The Hall–Kier alpha value is -1.69. The normalized spacial score (nSPS) is 16.4. The van der Waals surface area contributed by atoms with Crippen LogP contribution in [0.5, 0.6) is 0 Å².